The zero-order chi connectivity index (χ0) is 13.3. The molecule has 0 radical (unpaired) electrons. The molecule has 6 heteroatoms. The first-order valence-electron chi connectivity index (χ1n) is 5.21. The van der Waals surface area contributed by atoms with E-state index in [1.807, 2.05) is 0 Å². The summed E-state index contributed by atoms with van der Waals surface area (Å²) in [5.74, 6) is -3.43. The van der Waals surface area contributed by atoms with Crippen molar-refractivity contribution in [1.82, 2.24) is 0 Å². The summed E-state index contributed by atoms with van der Waals surface area (Å²) in [6.45, 7) is 0.218. The lowest BCUT2D eigenvalue weighted by atomic mass is 10.0. The van der Waals surface area contributed by atoms with E-state index in [-0.39, 0.29) is 16.8 Å². The van der Waals surface area contributed by atoms with Gasteiger partial charge in [-0.25, -0.2) is 8.42 Å². The minimum atomic E-state index is -4.60. The monoisotopic (exact) mass is 271 g/mol. The second kappa shape index (κ2) is 4.62. The van der Waals surface area contributed by atoms with Crippen molar-refractivity contribution in [2.75, 3.05) is 0 Å². The number of hydrogen-bond acceptors (Lipinski definition) is 3. The van der Waals surface area contributed by atoms with Crippen LogP contribution in [0.25, 0.3) is 10.8 Å². The van der Waals surface area contributed by atoms with Gasteiger partial charge in [-0.05, 0) is 17.0 Å². The number of fused-ring (bicyclic) bond motifs is 1. The van der Waals surface area contributed by atoms with Gasteiger partial charge in [-0.1, -0.05) is 30.3 Å². The molecule has 0 amide bonds. The van der Waals surface area contributed by atoms with E-state index in [1.54, 1.807) is 18.2 Å². The topological polar surface area (TPSA) is 60.2 Å². The lowest BCUT2D eigenvalue weighted by Gasteiger charge is -2.10. The molecule has 0 heterocycles. The lowest BCUT2D eigenvalue weighted by Crippen LogP contribution is -2.12. The first kappa shape index (κ1) is 12.9. The zero-order valence-corrected chi connectivity index (χ0v) is 10.1. The molecule has 0 aromatic heterocycles. The molecule has 18 heavy (non-hydrogen) atoms. The summed E-state index contributed by atoms with van der Waals surface area (Å²) in [6, 6.07) is 9.14. The maximum absolute atomic E-state index is 12.6. The van der Waals surface area contributed by atoms with E-state index in [9.17, 15) is 17.2 Å². The fourth-order valence-electron chi connectivity index (χ4n) is 1.86. The van der Waals surface area contributed by atoms with E-state index >= 15 is 0 Å². The molecule has 0 fully saturated rings. The van der Waals surface area contributed by atoms with Crippen LogP contribution in [-0.4, -0.2) is 14.2 Å². The molecule has 2 N–H and O–H groups in total. The van der Waals surface area contributed by atoms with Crippen molar-refractivity contribution in [2.24, 2.45) is 5.73 Å². The van der Waals surface area contributed by atoms with Crippen molar-refractivity contribution in [3.8, 4) is 0 Å². The molecule has 96 valence electrons. The van der Waals surface area contributed by atoms with E-state index in [4.69, 9.17) is 5.73 Å². The van der Waals surface area contributed by atoms with Gasteiger partial charge in [0.2, 0.25) is 9.84 Å². The van der Waals surface area contributed by atoms with Gasteiger partial charge in [-0.2, -0.15) is 8.78 Å². The zero-order valence-electron chi connectivity index (χ0n) is 9.31. The fourth-order valence-corrected chi connectivity index (χ4v) is 2.79. The predicted molar refractivity (Wildman–Crippen MR) is 65.0 cm³/mol. The Bertz CT molecular complexity index is 684. The molecule has 0 bridgehead atoms. The molecule has 0 unspecified atom stereocenters. The lowest BCUT2D eigenvalue weighted by molar-refractivity contribution is 0.235. The number of halogens is 2. The second-order valence-corrected chi connectivity index (χ2v) is 5.66. The standard InChI is InChI=1S/C12H11F2NO2S/c13-12(14)18(16,17)11-6-5-8(7-15)9-3-1-2-4-10(9)11/h1-6,12H,7,15H2. The molecular formula is C12H11F2NO2S. The van der Waals surface area contributed by atoms with E-state index < -0.39 is 15.6 Å². The Morgan fingerprint density at radius 2 is 1.67 bits per heavy atom. The van der Waals surface area contributed by atoms with Gasteiger partial charge >= 0.3 is 5.76 Å². The van der Waals surface area contributed by atoms with Crippen LogP contribution >= 0.6 is 0 Å². The Morgan fingerprint density at radius 1 is 1.06 bits per heavy atom. The molecule has 3 nitrogen and oxygen atoms in total. The van der Waals surface area contributed by atoms with E-state index in [1.165, 1.54) is 18.2 Å². The molecule has 0 aliphatic carbocycles. The predicted octanol–water partition coefficient (Wildman–Crippen LogP) is 2.29. The Hall–Kier alpha value is -1.53. The summed E-state index contributed by atoms with van der Waals surface area (Å²) in [7, 11) is -4.60. The number of sulfone groups is 1. The van der Waals surface area contributed by atoms with Crippen molar-refractivity contribution in [3.05, 3.63) is 42.0 Å². The average molecular weight is 271 g/mol. The Kier molecular flexibility index (Phi) is 3.32. The normalized spacial score (nSPS) is 12.2. The summed E-state index contributed by atoms with van der Waals surface area (Å²) < 4.78 is 48.3. The van der Waals surface area contributed by atoms with Gasteiger partial charge in [-0.15, -0.1) is 0 Å². The SMILES string of the molecule is NCc1ccc(S(=O)(=O)C(F)F)c2ccccc12. The fraction of sp³-hybridized carbons (Fsp3) is 0.167. The van der Waals surface area contributed by atoms with E-state index in [2.05, 4.69) is 0 Å². The maximum Gasteiger partial charge on any atom is 0.341 e. The smallest absolute Gasteiger partial charge is 0.326 e. The maximum atomic E-state index is 12.6. The summed E-state index contributed by atoms with van der Waals surface area (Å²) in [5, 5.41) is 0.863. The first-order valence-corrected chi connectivity index (χ1v) is 6.76. The van der Waals surface area contributed by atoms with Crippen LogP contribution in [0.1, 0.15) is 5.56 Å². The van der Waals surface area contributed by atoms with Crippen LogP contribution in [0, 0.1) is 0 Å². The molecule has 0 aliphatic heterocycles. The van der Waals surface area contributed by atoms with Gasteiger partial charge in [0, 0.05) is 11.9 Å². The minimum absolute atomic E-state index is 0.218. The summed E-state index contributed by atoms with van der Waals surface area (Å²) in [5.41, 5.74) is 6.26. The first-order chi connectivity index (χ1) is 8.48. The third kappa shape index (κ3) is 1.97. The molecule has 2 aromatic rings. The highest BCUT2D eigenvalue weighted by Crippen LogP contribution is 2.29. The van der Waals surface area contributed by atoms with Crippen LogP contribution in [0.3, 0.4) is 0 Å². The van der Waals surface area contributed by atoms with Gasteiger partial charge in [-0.3, -0.25) is 0 Å². The number of rotatable bonds is 3. The number of benzene rings is 2. The van der Waals surface area contributed by atoms with Crippen molar-refractivity contribution >= 4 is 20.6 Å². The molecule has 0 spiro atoms. The van der Waals surface area contributed by atoms with Crippen LogP contribution in [0.2, 0.25) is 0 Å². The quantitative estimate of drug-likeness (QED) is 0.931. The highest BCUT2D eigenvalue weighted by Gasteiger charge is 2.28. The highest BCUT2D eigenvalue weighted by atomic mass is 32.2. The highest BCUT2D eigenvalue weighted by molar-refractivity contribution is 7.92. The van der Waals surface area contributed by atoms with Gasteiger partial charge in [0.15, 0.2) is 0 Å². The van der Waals surface area contributed by atoms with Gasteiger partial charge in [0.05, 0.1) is 4.90 Å². The largest absolute Gasteiger partial charge is 0.341 e. The Balaban J connectivity index is 2.83. The molecule has 0 saturated heterocycles. The molecular weight excluding hydrogens is 260 g/mol. The minimum Gasteiger partial charge on any atom is -0.326 e. The van der Waals surface area contributed by atoms with Gasteiger partial charge in [0.1, 0.15) is 0 Å². The van der Waals surface area contributed by atoms with Crippen molar-refractivity contribution in [3.63, 3.8) is 0 Å². The van der Waals surface area contributed by atoms with Crippen LogP contribution < -0.4 is 5.73 Å². The molecule has 2 rings (SSSR count). The van der Waals surface area contributed by atoms with Crippen LogP contribution in [0.4, 0.5) is 8.78 Å². The number of nitrogens with two attached hydrogens (primary N) is 1. The third-order valence-corrected chi connectivity index (χ3v) is 4.17. The third-order valence-electron chi connectivity index (χ3n) is 2.74. The van der Waals surface area contributed by atoms with Crippen LogP contribution in [0.15, 0.2) is 41.3 Å². The van der Waals surface area contributed by atoms with Gasteiger partial charge in [0.25, 0.3) is 0 Å². The summed E-state index contributed by atoms with van der Waals surface area (Å²) in [6.07, 6.45) is 0. The summed E-state index contributed by atoms with van der Waals surface area (Å²) in [4.78, 5) is -0.356. The van der Waals surface area contributed by atoms with Crippen molar-refractivity contribution in [1.29, 1.82) is 0 Å². The second-order valence-electron chi connectivity index (χ2n) is 3.78. The van der Waals surface area contributed by atoms with Crippen LogP contribution in [0.5, 0.6) is 0 Å². The molecule has 0 atom stereocenters. The van der Waals surface area contributed by atoms with Crippen molar-refractivity contribution < 1.29 is 17.2 Å². The number of alkyl halides is 2. The summed E-state index contributed by atoms with van der Waals surface area (Å²) >= 11 is 0. The number of hydrogen-bond donors (Lipinski definition) is 1. The van der Waals surface area contributed by atoms with Crippen molar-refractivity contribution in [2.45, 2.75) is 17.2 Å². The van der Waals surface area contributed by atoms with E-state index in [0.717, 1.165) is 5.56 Å². The van der Waals surface area contributed by atoms with Gasteiger partial charge < -0.3 is 5.73 Å². The molecule has 0 aliphatic rings. The van der Waals surface area contributed by atoms with Crippen LogP contribution in [-0.2, 0) is 16.4 Å². The average Bonchev–Trinajstić information content (AvgIpc) is 2.37. The Morgan fingerprint density at radius 3 is 2.22 bits per heavy atom. The Labute approximate surface area is 103 Å². The molecule has 0 saturated carbocycles. The van der Waals surface area contributed by atoms with E-state index in [0.29, 0.717) is 5.39 Å². The molecule has 2 aromatic carbocycles.